The second-order valence-corrected chi connectivity index (χ2v) is 5.33. The fourth-order valence-electron chi connectivity index (χ4n) is 2.06. The highest BCUT2D eigenvalue weighted by molar-refractivity contribution is 6.06. The maximum atomic E-state index is 12.3. The van der Waals surface area contributed by atoms with Crippen molar-refractivity contribution in [1.29, 1.82) is 0 Å². The highest BCUT2D eigenvalue weighted by Gasteiger charge is 2.18. The minimum Gasteiger partial charge on any atom is -0.469 e. The lowest BCUT2D eigenvalue weighted by Crippen LogP contribution is -2.30. The number of ether oxygens (including phenoxy) is 3. The molecule has 0 bridgehead atoms. The van der Waals surface area contributed by atoms with Crippen LogP contribution in [0.4, 0.5) is 0 Å². The first-order valence-electron chi connectivity index (χ1n) is 8.08. The van der Waals surface area contributed by atoms with Crippen LogP contribution in [0.25, 0.3) is 0 Å². The van der Waals surface area contributed by atoms with E-state index in [0.29, 0.717) is 6.42 Å². The highest BCUT2D eigenvalue weighted by Crippen LogP contribution is 2.14. The maximum absolute atomic E-state index is 12.3. The smallest absolute Gasteiger partial charge is 0.340 e. The Morgan fingerprint density at radius 1 is 0.889 bits per heavy atom. The van der Waals surface area contributed by atoms with Crippen molar-refractivity contribution >= 4 is 29.6 Å². The molecule has 0 spiro atoms. The molecular weight excluding hydrogens is 358 g/mol. The molecule has 0 atom stereocenters. The number of hydrogen-bond acceptors (Lipinski definition) is 8. The van der Waals surface area contributed by atoms with Gasteiger partial charge in [-0.05, 0) is 12.5 Å². The van der Waals surface area contributed by atoms with Gasteiger partial charge in [0.05, 0.1) is 19.8 Å². The van der Waals surface area contributed by atoms with Gasteiger partial charge in [0.2, 0.25) is 5.91 Å². The Bertz CT molecular complexity index is 713. The number of amides is 1. The predicted octanol–water partition coefficient (Wildman–Crippen LogP) is 1.01. The maximum Gasteiger partial charge on any atom is 0.340 e. The summed E-state index contributed by atoms with van der Waals surface area (Å²) in [5.74, 6) is -2.92. The van der Waals surface area contributed by atoms with Crippen LogP contribution in [0.1, 0.15) is 46.4 Å². The van der Waals surface area contributed by atoms with Gasteiger partial charge in [0.25, 0.3) is 0 Å². The Kier molecular flexibility index (Phi) is 9.21. The number of carbonyl (C=O) groups is 5. The van der Waals surface area contributed by atoms with Crippen molar-refractivity contribution in [3.63, 3.8) is 0 Å². The molecule has 1 aromatic rings. The Morgan fingerprint density at radius 2 is 1.52 bits per heavy atom. The van der Waals surface area contributed by atoms with Crippen LogP contribution in [0.5, 0.6) is 0 Å². The highest BCUT2D eigenvalue weighted by atomic mass is 16.5. The number of methoxy groups -OCH3 is 2. The summed E-state index contributed by atoms with van der Waals surface area (Å²) in [6.45, 7) is -0.459. The van der Waals surface area contributed by atoms with E-state index in [2.05, 4.69) is 14.8 Å². The van der Waals surface area contributed by atoms with Crippen LogP contribution in [-0.2, 0) is 28.6 Å². The lowest BCUT2D eigenvalue weighted by molar-refractivity contribution is -0.144. The number of esters is 3. The van der Waals surface area contributed by atoms with Gasteiger partial charge < -0.3 is 19.5 Å². The normalized spacial score (nSPS) is 9.85. The number of benzene rings is 1. The van der Waals surface area contributed by atoms with Crippen molar-refractivity contribution in [2.24, 2.45) is 0 Å². The van der Waals surface area contributed by atoms with E-state index in [1.165, 1.54) is 19.2 Å². The molecule has 0 aliphatic rings. The number of rotatable bonds is 10. The van der Waals surface area contributed by atoms with E-state index in [0.717, 1.165) is 7.11 Å². The Hall–Kier alpha value is -3.23. The van der Waals surface area contributed by atoms with E-state index in [-0.39, 0.29) is 29.8 Å². The summed E-state index contributed by atoms with van der Waals surface area (Å²) < 4.78 is 13.8. The van der Waals surface area contributed by atoms with Crippen LogP contribution < -0.4 is 5.32 Å². The third kappa shape index (κ3) is 7.68. The molecule has 0 unspecified atom stereocenters. The quantitative estimate of drug-likeness (QED) is 0.210. The number of carbonyl (C=O) groups excluding carboxylic acids is 5. The number of ketones is 1. The molecule has 1 amide bonds. The van der Waals surface area contributed by atoms with Gasteiger partial charge in [-0.15, -0.1) is 0 Å². The van der Waals surface area contributed by atoms with Crippen LogP contribution in [0.15, 0.2) is 24.3 Å². The third-order valence-corrected chi connectivity index (χ3v) is 3.46. The fraction of sp³-hybridized carbons (Fsp3) is 0.389. The van der Waals surface area contributed by atoms with Gasteiger partial charge in [0.1, 0.15) is 6.42 Å². The lowest BCUT2D eigenvalue weighted by Gasteiger charge is -2.10. The topological polar surface area (TPSA) is 125 Å². The summed E-state index contributed by atoms with van der Waals surface area (Å²) in [6.07, 6.45) is -0.0435. The molecule has 27 heavy (non-hydrogen) atoms. The van der Waals surface area contributed by atoms with Gasteiger partial charge in [0.15, 0.2) is 12.5 Å². The molecule has 1 aromatic carbocycles. The molecule has 0 saturated carbocycles. The second kappa shape index (κ2) is 11.4. The summed E-state index contributed by atoms with van der Waals surface area (Å²) in [6, 6.07) is 6.07. The first-order chi connectivity index (χ1) is 12.9. The van der Waals surface area contributed by atoms with Crippen LogP contribution in [0.3, 0.4) is 0 Å². The van der Waals surface area contributed by atoms with Crippen LogP contribution in [0, 0.1) is 0 Å². The molecule has 0 aromatic heterocycles. The molecule has 9 heteroatoms. The SMILES string of the molecule is COC(=O)CCCC(=O)c1ccccc1C(=O)OCNC(=O)CC(=O)OC. The number of hydrogen-bond donors (Lipinski definition) is 1. The Balaban J connectivity index is 2.60. The summed E-state index contributed by atoms with van der Waals surface area (Å²) in [5.41, 5.74) is 0.205. The average molecular weight is 379 g/mol. The molecule has 0 saturated heterocycles. The van der Waals surface area contributed by atoms with Gasteiger partial charge in [-0.2, -0.15) is 0 Å². The van der Waals surface area contributed by atoms with Gasteiger partial charge in [-0.3, -0.25) is 19.2 Å². The standard InChI is InChI=1S/C18H21NO8/c1-25-16(22)9-5-8-14(20)12-6-3-4-7-13(12)18(24)27-11-19-15(21)10-17(23)26-2/h3-4,6-7H,5,8-11H2,1-2H3,(H,19,21). The minimum absolute atomic E-state index is 0.0442. The van der Waals surface area contributed by atoms with Gasteiger partial charge in [-0.1, -0.05) is 18.2 Å². The number of Topliss-reactive ketones (excluding diaryl/α,β-unsaturated/α-hetero) is 1. The van der Waals surface area contributed by atoms with Gasteiger partial charge in [0, 0.05) is 18.4 Å². The Labute approximate surface area is 156 Å². The van der Waals surface area contributed by atoms with E-state index in [1.807, 2.05) is 0 Å². The molecule has 1 N–H and O–H groups in total. The van der Waals surface area contributed by atoms with Crippen molar-refractivity contribution in [2.75, 3.05) is 21.0 Å². The van der Waals surface area contributed by atoms with E-state index in [1.54, 1.807) is 12.1 Å². The van der Waals surface area contributed by atoms with Crippen LogP contribution in [-0.4, -0.2) is 50.5 Å². The molecule has 0 heterocycles. The monoisotopic (exact) mass is 379 g/mol. The van der Waals surface area contributed by atoms with Gasteiger partial charge in [-0.25, -0.2) is 4.79 Å². The molecule has 0 fully saturated rings. The van der Waals surface area contributed by atoms with Crippen LogP contribution in [0.2, 0.25) is 0 Å². The second-order valence-electron chi connectivity index (χ2n) is 5.33. The molecule has 1 rings (SSSR count). The largest absolute Gasteiger partial charge is 0.469 e. The van der Waals surface area contributed by atoms with Crippen LogP contribution >= 0.6 is 0 Å². The van der Waals surface area contributed by atoms with Crippen molar-refractivity contribution in [3.05, 3.63) is 35.4 Å². The zero-order chi connectivity index (χ0) is 20.2. The van der Waals surface area contributed by atoms with Crippen molar-refractivity contribution in [3.8, 4) is 0 Å². The van der Waals surface area contributed by atoms with E-state index in [9.17, 15) is 24.0 Å². The summed E-state index contributed by atoms with van der Waals surface area (Å²) >= 11 is 0. The molecule has 146 valence electrons. The van der Waals surface area contributed by atoms with Gasteiger partial charge >= 0.3 is 17.9 Å². The molecule has 9 nitrogen and oxygen atoms in total. The zero-order valence-electron chi connectivity index (χ0n) is 15.1. The summed E-state index contributed by atoms with van der Waals surface area (Å²) in [4.78, 5) is 57.9. The van der Waals surface area contributed by atoms with E-state index >= 15 is 0 Å². The Morgan fingerprint density at radius 3 is 2.15 bits per heavy atom. The lowest BCUT2D eigenvalue weighted by atomic mass is 10.00. The molecular formula is C18H21NO8. The predicted molar refractivity (Wildman–Crippen MR) is 91.7 cm³/mol. The molecule has 0 radical (unpaired) electrons. The minimum atomic E-state index is -0.801. The number of nitrogens with one attached hydrogen (secondary N) is 1. The van der Waals surface area contributed by atoms with Crippen molar-refractivity contribution in [1.82, 2.24) is 5.32 Å². The zero-order valence-corrected chi connectivity index (χ0v) is 15.1. The fourth-order valence-corrected chi connectivity index (χ4v) is 2.06. The van der Waals surface area contributed by atoms with E-state index < -0.39 is 37.0 Å². The summed E-state index contributed by atoms with van der Waals surface area (Å²) in [5, 5.41) is 2.23. The third-order valence-electron chi connectivity index (χ3n) is 3.46. The molecule has 0 aliphatic carbocycles. The van der Waals surface area contributed by atoms with Crippen molar-refractivity contribution in [2.45, 2.75) is 25.7 Å². The van der Waals surface area contributed by atoms with Crippen molar-refractivity contribution < 1.29 is 38.2 Å². The average Bonchev–Trinajstić information content (AvgIpc) is 2.67. The molecule has 0 aliphatic heterocycles. The van der Waals surface area contributed by atoms with E-state index in [4.69, 9.17) is 4.74 Å². The summed E-state index contributed by atoms with van der Waals surface area (Å²) in [7, 11) is 2.41. The first kappa shape index (κ1) is 21.8. The first-order valence-corrected chi connectivity index (χ1v) is 8.08.